The maximum atomic E-state index is 13.0. The minimum atomic E-state index is -1.29. The molecule has 1 aromatic carbocycles. The summed E-state index contributed by atoms with van der Waals surface area (Å²) in [6.45, 7) is 4.05. The van der Waals surface area contributed by atoms with Gasteiger partial charge in [0.25, 0.3) is 0 Å². The Bertz CT molecular complexity index is 1070. The number of amides is 2. The molecule has 0 saturated carbocycles. The van der Waals surface area contributed by atoms with E-state index in [9.17, 15) is 24.4 Å². The molecular formula is C25H29N3O6S. The van der Waals surface area contributed by atoms with Crippen LogP contribution in [0.25, 0.3) is 0 Å². The largest absolute Gasteiger partial charge is 0.468 e. The van der Waals surface area contributed by atoms with E-state index < -0.39 is 29.7 Å². The van der Waals surface area contributed by atoms with Crippen molar-refractivity contribution < 1.29 is 28.7 Å². The van der Waals surface area contributed by atoms with Gasteiger partial charge in [-0.15, -0.1) is 0 Å². The lowest BCUT2D eigenvalue weighted by Crippen LogP contribution is -2.48. The van der Waals surface area contributed by atoms with Gasteiger partial charge in [-0.3, -0.25) is 14.4 Å². The van der Waals surface area contributed by atoms with Gasteiger partial charge in [-0.05, 0) is 50.8 Å². The van der Waals surface area contributed by atoms with Crippen molar-refractivity contribution in [2.75, 3.05) is 20.0 Å². The first-order chi connectivity index (χ1) is 16.7. The van der Waals surface area contributed by atoms with Crippen molar-refractivity contribution in [3.63, 3.8) is 0 Å². The van der Waals surface area contributed by atoms with Gasteiger partial charge in [-0.25, -0.2) is 4.79 Å². The Hall–Kier alpha value is -3.32. The van der Waals surface area contributed by atoms with Crippen molar-refractivity contribution in [1.82, 2.24) is 10.2 Å². The van der Waals surface area contributed by atoms with Crippen LogP contribution in [0.2, 0.25) is 0 Å². The number of carbonyl (C=O) groups is 4. The minimum absolute atomic E-state index is 0.0480. The van der Waals surface area contributed by atoms with Crippen LogP contribution in [-0.2, 0) is 23.9 Å². The summed E-state index contributed by atoms with van der Waals surface area (Å²) in [5.74, 6) is -4.18. The lowest BCUT2D eigenvalue weighted by molar-refractivity contribution is -0.150. The number of ether oxygens (including phenoxy) is 2. The van der Waals surface area contributed by atoms with Crippen molar-refractivity contribution >= 4 is 35.5 Å². The molecule has 1 saturated heterocycles. The predicted octanol–water partition coefficient (Wildman–Crippen LogP) is 2.73. The summed E-state index contributed by atoms with van der Waals surface area (Å²) in [6, 6.07) is 8.54. The highest BCUT2D eigenvalue weighted by Crippen LogP contribution is 2.40. The normalized spacial score (nSPS) is 24.3. The topological polar surface area (TPSA) is 126 Å². The summed E-state index contributed by atoms with van der Waals surface area (Å²) in [5.41, 5.74) is 0.934. The number of carbonyl (C=O) groups excluding carboxylic acids is 4. The average Bonchev–Trinajstić information content (AvgIpc) is 2.86. The van der Waals surface area contributed by atoms with Crippen LogP contribution < -0.4 is 5.32 Å². The van der Waals surface area contributed by atoms with E-state index in [0.717, 1.165) is 31.0 Å². The van der Waals surface area contributed by atoms with Gasteiger partial charge in [0, 0.05) is 18.0 Å². The number of likely N-dealkylation sites (tertiary alicyclic amines) is 1. The number of nitrogens with zero attached hydrogens (tertiary/aromatic N) is 2. The van der Waals surface area contributed by atoms with Gasteiger partial charge in [-0.2, -0.15) is 5.26 Å². The fourth-order valence-electron chi connectivity index (χ4n) is 4.75. The molecule has 2 aliphatic heterocycles. The molecule has 1 N–H and O–H groups in total. The summed E-state index contributed by atoms with van der Waals surface area (Å²) in [4.78, 5) is 52.2. The molecular weight excluding hydrogens is 470 g/mol. The minimum Gasteiger partial charge on any atom is -0.468 e. The van der Waals surface area contributed by atoms with Gasteiger partial charge in [0.05, 0.1) is 42.2 Å². The van der Waals surface area contributed by atoms with Crippen LogP contribution in [0.4, 0.5) is 0 Å². The molecule has 0 aliphatic carbocycles. The fourth-order valence-corrected chi connectivity index (χ4v) is 5.66. The molecule has 2 amide bonds. The van der Waals surface area contributed by atoms with Crippen molar-refractivity contribution in [3.8, 4) is 6.07 Å². The molecule has 10 heteroatoms. The van der Waals surface area contributed by atoms with Crippen LogP contribution in [0.5, 0.6) is 0 Å². The number of rotatable bonds is 6. The number of allylic oxidation sites excluding steroid dienone is 1. The van der Waals surface area contributed by atoms with E-state index in [1.54, 1.807) is 12.1 Å². The second-order valence-corrected chi connectivity index (χ2v) is 9.64. The summed E-state index contributed by atoms with van der Waals surface area (Å²) < 4.78 is 9.56. The van der Waals surface area contributed by atoms with Crippen LogP contribution in [0.15, 0.2) is 34.9 Å². The number of nitriles is 1. The molecule has 0 bridgehead atoms. The first-order valence-corrected chi connectivity index (χ1v) is 12.4. The second kappa shape index (κ2) is 11.4. The third kappa shape index (κ3) is 5.51. The number of benzene rings is 1. The van der Waals surface area contributed by atoms with Gasteiger partial charge in [-0.1, -0.05) is 23.9 Å². The number of esters is 2. The number of hydrogen-bond donors (Lipinski definition) is 1. The van der Waals surface area contributed by atoms with Gasteiger partial charge in [0.15, 0.2) is 0 Å². The van der Waals surface area contributed by atoms with E-state index in [-0.39, 0.29) is 34.3 Å². The quantitative estimate of drug-likeness (QED) is 0.468. The standard InChI is InChI=1S/C25H29N3O6S/c1-14-6-5-7-15(2)28(14)19(29)13-35-23-18(12-26)20(21(22(30)27-23)25(32)34-4)16-8-10-17(11-9-16)24(31)33-3/h8-11,14-15,20-21H,5-7,13H2,1-4H3,(H,27,30)/t14-,15+,20-,21-/m1/s1. The van der Waals surface area contributed by atoms with Gasteiger partial charge < -0.3 is 19.7 Å². The molecule has 0 unspecified atom stereocenters. The molecule has 0 aromatic heterocycles. The molecule has 186 valence electrons. The van der Waals surface area contributed by atoms with Crippen LogP contribution >= 0.6 is 11.8 Å². The zero-order valence-corrected chi connectivity index (χ0v) is 21.0. The zero-order chi connectivity index (χ0) is 25.7. The van der Waals surface area contributed by atoms with Crippen molar-refractivity contribution in [2.24, 2.45) is 5.92 Å². The Kier molecular flexibility index (Phi) is 8.57. The van der Waals surface area contributed by atoms with Gasteiger partial charge in [0.1, 0.15) is 5.92 Å². The highest BCUT2D eigenvalue weighted by molar-refractivity contribution is 8.03. The van der Waals surface area contributed by atoms with E-state index >= 15 is 0 Å². The first kappa shape index (κ1) is 26.3. The Morgan fingerprint density at radius 3 is 2.29 bits per heavy atom. The number of hydrogen-bond acceptors (Lipinski definition) is 8. The van der Waals surface area contributed by atoms with Crippen LogP contribution in [0.3, 0.4) is 0 Å². The highest BCUT2D eigenvalue weighted by atomic mass is 32.2. The Morgan fingerprint density at radius 2 is 1.74 bits per heavy atom. The van der Waals surface area contributed by atoms with E-state index in [0.29, 0.717) is 11.1 Å². The molecule has 3 rings (SSSR count). The van der Waals surface area contributed by atoms with E-state index in [1.165, 1.54) is 26.4 Å². The van der Waals surface area contributed by atoms with Gasteiger partial charge >= 0.3 is 11.9 Å². The van der Waals surface area contributed by atoms with Crippen LogP contribution in [-0.4, -0.2) is 60.7 Å². The molecule has 9 nitrogen and oxygen atoms in total. The van der Waals surface area contributed by atoms with E-state index in [2.05, 4.69) is 11.4 Å². The molecule has 1 aromatic rings. The molecule has 2 aliphatic rings. The average molecular weight is 500 g/mol. The van der Waals surface area contributed by atoms with Crippen molar-refractivity contribution in [2.45, 2.75) is 51.1 Å². The highest BCUT2D eigenvalue weighted by Gasteiger charge is 2.44. The predicted molar refractivity (Wildman–Crippen MR) is 129 cm³/mol. The third-order valence-electron chi connectivity index (χ3n) is 6.50. The lowest BCUT2D eigenvalue weighted by atomic mass is 9.78. The zero-order valence-electron chi connectivity index (χ0n) is 20.2. The second-order valence-electron chi connectivity index (χ2n) is 8.65. The smallest absolute Gasteiger partial charge is 0.337 e. The molecule has 0 radical (unpaired) electrons. The molecule has 35 heavy (non-hydrogen) atoms. The maximum Gasteiger partial charge on any atom is 0.337 e. The number of methoxy groups -OCH3 is 2. The summed E-state index contributed by atoms with van der Waals surface area (Å²) in [6.07, 6.45) is 2.95. The van der Waals surface area contributed by atoms with Crippen LogP contribution in [0, 0.1) is 17.2 Å². The van der Waals surface area contributed by atoms with E-state index in [4.69, 9.17) is 9.47 Å². The molecule has 4 atom stereocenters. The molecule has 1 fully saturated rings. The number of piperidine rings is 1. The number of nitrogens with one attached hydrogen (secondary N) is 1. The molecule has 2 heterocycles. The number of thioether (sulfide) groups is 1. The summed E-state index contributed by atoms with van der Waals surface area (Å²) >= 11 is 1.08. The monoisotopic (exact) mass is 499 g/mol. The SMILES string of the molecule is COC(=O)c1ccc([C@@H]2C(C#N)=C(SCC(=O)N3[C@H](C)CCC[C@@H]3C)NC(=O)[C@@H]2C(=O)OC)cc1. The summed E-state index contributed by atoms with van der Waals surface area (Å²) in [7, 11) is 2.44. The molecule has 0 spiro atoms. The van der Waals surface area contributed by atoms with Crippen LogP contribution in [0.1, 0.15) is 54.9 Å². The maximum absolute atomic E-state index is 13.0. The third-order valence-corrected chi connectivity index (χ3v) is 7.50. The van der Waals surface area contributed by atoms with Gasteiger partial charge in [0.2, 0.25) is 11.8 Å². The Labute approximate surface area is 208 Å². The lowest BCUT2D eigenvalue weighted by Gasteiger charge is -2.39. The Balaban J connectivity index is 1.94. The van der Waals surface area contributed by atoms with Crippen molar-refractivity contribution in [3.05, 3.63) is 46.0 Å². The van der Waals surface area contributed by atoms with E-state index in [1.807, 2.05) is 18.7 Å². The first-order valence-electron chi connectivity index (χ1n) is 11.4. The summed E-state index contributed by atoms with van der Waals surface area (Å²) in [5, 5.41) is 12.9. The van der Waals surface area contributed by atoms with Crippen molar-refractivity contribution in [1.29, 1.82) is 5.26 Å². The fraction of sp³-hybridized carbons (Fsp3) is 0.480. The Morgan fingerprint density at radius 1 is 1.11 bits per heavy atom.